The van der Waals surface area contributed by atoms with Gasteiger partial charge in [-0.25, -0.2) is 4.79 Å². The Balaban J connectivity index is 2.89. The van der Waals surface area contributed by atoms with Crippen LogP contribution in [0.3, 0.4) is 0 Å². The molecule has 0 bridgehead atoms. The van der Waals surface area contributed by atoms with Gasteiger partial charge < -0.3 is 15.2 Å². The number of nitrogens with zero attached hydrogens (tertiary/aromatic N) is 1. The molecule has 0 saturated carbocycles. The van der Waals surface area contributed by atoms with Gasteiger partial charge >= 0.3 is 12.3 Å². The van der Waals surface area contributed by atoms with Crippen LogP contribution in [-0.2, 0) is 16.5 Å². The van der Waals surface area contributed by atoms with Crippen LogP contribution >= 0.6 is 0 Å². The van der Waals surface area contributed by atoms with E-state index in [9.17, 15) is 23.1 Å². The summed E-state index contributed by atoms with van der Waals surface area (Å²) in [7, 11) is 0. The van der Waals surface area contributed by atoms with E-state index < -0.39 is 40.8 Å². The second-order valence-electron chi connectivity index (χ2n) is 6.92. The van der Waals surface area contributed by atoms with Crippen LogP contribution < -0.4 is 5.32 Å². The van der Waals surface area contributed by atoms with Crippen LogP contribution in [-0.4, -0.2) is 27.8 Å². The molecule has 1 rings (SSSR count). The normalized spacial score (nSPS) is 16.2. The van der Waals surface area contributed by atoms with Gasteiger partial charge in [-0.1, -0.05) is 0 Å². The highest BCUT2D eigenvalue weighted by atomic mass is 19.4. The lowest BCUT2D eigenvalue weighted by atomic mass is 9.90. The molecule has 136 valence electrons. The first kappa shape index (κ1) is 20.2. The van der Waals surface area contributed by atoms with Gasteiger partial charge in [0.05, 0.1) is 11.3 Å². The number of halogens is 3. The molecule has 2 atom stereocenters. The van der Waals surface area contributed by atoms with Crippen molar-refractivity contribution in [2.24, 2.45) is 0 Å². The first-order valence-electron chi connectivity index (χ1n) is 7.47. The van der Waals surface area contributed by atoms with E-state index in [-0.39, 0.29) is 6.42 Å². The zero-order chi connectivity index (χ0) is 18.8. The number of alkyl carbamates (subject to hydrolysis) is 1. The fourth-order valence-corrected chi connectivity index (χ4v) is 2.32. The van der Waals surface area contributed by atoms with E-state index in [4.69, 9.17) is 4.74 Å². The molecule has 0 unspecified atom stereocenters. The fraction of sp³-hybridized carbons (Fsp3) is 0.625. The number of hydrogen-bond donors (Lipinski definition) is 2. The Hall–Kier alpha value is -1.83. The molecule has 2 N–H and O–H groups in total. The van der Waals surface area contributed by atoms with Crippen molar-refractivity contribution < 1.29 is 27.8 Å². The molecule has 0 aliphatic carbocycles. The smallest absolute Gasteiger partial charge is 0.418 e. The van der Waals surface area contributed by atoms with Crippen molar-refractivity contribution in [2.45, 2.75) is 64.5 Å². The van der Waals surface area contributed by atoms with Crippen LogP contribution in [0.4, 0.5) is 18.0 Å². The third-order valence-corrected chi connectivity index (χ3v) is 3.09. The number of carbonyl (C=O) groups is 1. The van der Waals surface area contributed by atoms with Gasteiger partial charge in [0.1, 0.15) is 11.2 Å². The van der Waals surface area contributed by atoms with E-state index in [1.165, 1.54) is 13.1 Å². The zero-order valence-corrected chi connectivity index (χ0v) is 14.4. The second kappa shape index (κ2) is 6.96. The molecule has 1 aromatic heterocycles. The molecular weight excluding hydrogens is 325 g/mol. The van der Waals surface area contributed by atoms with Gasteiger partial charge in [-0.15, -0.1) is 0 Å². The van der Waals surface area contributed by atoms with E-state index in [1.807, 2.05) is 0 Å². The standard InChI is InChI=1S/C16H23F3N2O3/c1-10(21-13(22)24-14(2,3)4)9-15(5,23)12-11(16(17,18)19)7-6-8-20-12/h6-8,10,23H,9H2,1-5H3,(H,21,22)/t10-,15-/m1/s1. The van der Waals surface area contributed by atoms with Crippen LogP contribution in [0.5, 0.6) is 0 Å². The number of aromatic nitrogens is 1. The number of hydrogen-bond acceptors (Lipinski definition) is 4. The maximum atomic E-state index is 13.1. The third kappa shape index (κ3) is 5.99. The Kier molecular flexibility index (Phi) is 5.86. The largest absolute Gasteiger partial charge is 0.444 e. The Morgan fingerprint density at radius 3 is 2.42 bits per heavy atom. The summed E-state index contributed by atoms with van der Waals surface area (Å²) >= 11 is 0. The summed E-state index contributed by atoms with van der Waals surface area (Å²) < 4.78 is 44.3. The molecule has 0 radical (unpaired) electrons. The molecule has 0 spiro atoms. The Bertz CT molecular complexity index is 581. The molecule has 0 fully saturated rings. The lowest BCUT2D eigenvalue weighted by Gasteiger charge is -2.29. The minimum absolute atomic E-state index is 0.160. The maximum absolute atomic E-state index is 13.1. The van der Waals surface area contributed by atoms with Crippen molar-refractivity contribution in [3.05, 3.63) is 29.6 Å². The fourth-order valence-electron chi connectivity index (χ4n) is 2.32. The summed E-state index contributed by atoms with van der Waals surface area (Å²) in [6.45, 7) is 7.87. The van der Waals surface area contributed by atoms with Crippen molar-refractivity contribution in [1.82, 2.24) is 10.3 Å². The van der Waals surface area contributed by atoms with Gasteiger partial charge in [-0.2, -0.15) is 13.2 Å². The average molecular weight is 348 g/mol. The molecule has 5 nitrogen and oxygen atoms in total. The number of carbonyl (C=O) groups excluding carboxylic acids is 1. The number of rotatable bonds is 4. The molecule has 1 heterocycles. The van der Waals surface area contributed by atoms with Crippen molar-refractivity contribution in [2.75, 3.05) is 0 Å². The summed E-state index contributed by atoms with van der Waals surface area (Å²) in [5.74, 6) is 0. The number of pyridine rings is 1. The maximum Gasteiger partial charge on any atom is 0.418 e. The van der Waals surface area contributed by atoms with Crippen molar-refractivity contribution in [1.29, 1.82) is 0 Å². The number of amides is 1. The van der Waals surface area contributed by atoms with Gasteiger partial charge in [0, 0.05) is 18.7 Å². The number of aliphatic hydroxyl groups is 1. The summed E-state index contributed by atoms with van der Waals surface area (Å²) in [4.78, 5) is 15.4. The molecule has 1 amide bonds. The molecule has 0 aliphatic rings. The number of nitrogens with one attached hydrogen (secondary N) is 1. The third-order valence-electron chi connectivity index (χ3n) is 3.09. The van der Waals surface area contributed by atoms with E-state index in [2.05, 4.69) is 10.3 Å². The minimum atomic E-state index is -4.63. The number of alkyl halides is 3. The summed E-state index contributed by atoms with van der Waals surface area (Å²) in [5.41, 5.74) is -4.05. The highest BCUT2D eigenvalue weighted by Crippen LogP contribution is 2.37. The predicted molar refractivity (Wildman–Crippen MR) is 82.3 cm³/mol. The predicted octanol–water partition coefficient (Wildman–Crippen LogP) is 3.61. The van der Waals surface area contributed by atoms with Gasteiger partial charge in [0.25, 0.3) is 0 Å². The summed E-state index contributed by atoms with van der Waals surface area (Å²) in [6.07, 6.45) is -4.31. The van der Waals surface area contributed by atoms with E-state index in [1.54, 1.807) is 27.7 Å². The van der Waals surface area contributed by atoms with Gasteiger partial charge in [-0.05, 0) is 46.8 Å². The lowest BCUT2D eigenvalue weighted by molar-refractivity contribution is -0.141. The Morgan fingerprint density at radius 1 is 1.33 bits per heavy atom. The van der Waals surface area contributed by atoms with Crippen molar-refractivity contribution >= 4 is 6.09 Å². The van der Waals surface area contributed by atoms with Gasteiger partial charge in [0.15, 0.2) is 0 Å². The Labute approximate surface area is 139 Å². The topological polar surface area (TPSA) is 71.5 Å². The highest BCUT2D eigenvalue weighted by Gasteiger charge is 2.40. The van der Waals surface area contributed by atoms with Crippen molar-refractivity contribution in [3.63, 3.8) is 0 Å². The van der Waals surface area contributed by atoms with Crippen LogP contribution in [0.1, 0.15) is 52.3 Å². The molecule has 24 heavy (non-hydrogen) atoms. The zero-order valence-electron chi connectivity index (χ0n) is 14.4. The van der Waals surface area contributed by atoms with Crippen LogP contribution in [0, 0.1) is 0 Å². The lowest BCUT2D eigenvalue weighted by Crippen LogP contribution is -2.41. The SMILES string of the molecule is C[C@H](C[C@@](C)(O)c1ncccc1C(F)(F)F)NC(=O)OC(C)(C)C. The number of ether oxygens (including phenoxy) is 1. The molecular formula is C16H23F3N2O3. The highest BCUT2D eigenvalue weighted by molar-refractivity contribution is 5.68. The summed E-state index contributed by atoms with van der Waals surface area (Å²) in [6, 6.07) is 1.39. The van der Waals surface area contributed by atoms with Gasteiger partial charge in [0.2, 0.25) is 0 Å². The van der Waals surface area contributed by atoms with Crippen molar-refractivity contribution in [3.8, 4) is 0 Å². The van der Waals surface area contributed by atoms with Crippen LogP contribution in [0.15, 0.2) is 18.3 Å². The first-order valence-corrected chi connectivity index (χ1v) is 7.47. The van der Waals surface area contributed by atoms with E-state index in [0.29, 0.717) is 0 Å². The quantitative estimate of drug-likeness (QED) is 0.872. The molecule has 0 aromatic carbocycles. The molecule has 0 saturated heterocycles. The first-order chi connectivity index (χ1) is 10.7. The average Bonchev–Trinajstić information content (AvgIpc) is 2.34. The molecule has 0 aliphatic heterocycles. The van der Waals surface area contributed by atoms with Crippen LogP contribution in [0.2, 0.25) is 0 Å². The Morgan fingerprint density at radius 2 is 1.92 bits per heavy atom. The van der Waals surface area contributed by atoms with Crippen LogP contribution in [0.25, 0.3) is 0 Å². The second-order valence-corrected chi connectivity index (χ2v) is 6.92. The summed E-state index contributed by atoms with van der Waals surface area (Å²) in [5, 5.41) is 13.0. The van der Waals surface area contributed by atoms with E-state index >= 15 is 0 Å². The van der Waals surface area contributed by atoms with E-state index in [0.717, 1.165) is 12.1 Å². The molecule has 8 heteroatoms. The molecule has 1 aromatic rings. The van der Waals surface area contributed by atoms with Gasteiger partial charge in [-0.3, -0.25) is 4.98 Å². The minimum Gasteiger partial charge on any atom is -0.444 e. The monoisotopic (exact) mass is 348 g/mol.